The van der Waals surface area contributed by atoms with Crippen LogP contribution in [0.3, 0.4) is 0 Å². The minimum Gasteiger partial charge on any atom is -0.493 e. The van der Waals surface area contributed by atoms with Crippen molar-refractivity contribution < 1.29 is 14.3 Å². The van der Waals surface area contributed by atoms with Gasteiger partial charge in [-0.2, -0.15) is 0 Å². The van der Waals surface area contributed by atoms with Crippen LogP contribution in [0.2, 0.25) is 0 Å². The Kier molecular flexibility index (Phi) is 7.44. The van der Waals surface area contributed by atoms with Crippen LogP contribution in [0.15, 0.2) is 78.9 Å². The fourth-order valence-electron chi connectivity index (χ4n) is 2.86. The molecule has 0 aliphatic rings. The summed E-state index contributed by atoms with van der Waals surface area (Å²) >= 11 is 0. The van der Waals surface area contributed by atoms with Crippen LogP contribution < -0.4 is 20.7 Å². The molecule has 3 N–H and O–H groups in total. The quantitative estimate of drug-likeness (QED) is 0.497. The fraction of sp³-hybridized carbons (Fsp3) is 0.167. The number of rotatable bonds is 9. The van der Waals surface area contributed by atoms with E-state index in [1.807, 2.05) is 42.5 Å². The predicted molar refractivity (Wildman–Crippen MR) is 120 cm³/mol. The lowest BCUT2D eigenvalue weighted by Gasteiger charge is -2.11. The maximum absolute atomic E-state index is 12.2. The van der Waals surface area contributed by atoms with Crippen molar-refractivity contribution in [3.8, 4) is 5.75 Å². The predicted octanol–water partition coefficient (Wildman–Crippen LogP) is 4.32. The highest BCUT2D eigenvalue weighted by atomic mass is 16.5. The van der Waals surface area contributed by atoms with Crippen LogP contribution >= 0.6 is 0 Å². The van der Waals surface area contributed by atoms with Crippen molar-refractivity contribution in [3.05, 3.63) is 84.4 Å². The van der Waals surface area contributed by atoms with Crippen LogP contribution in [-0.4, -0.2) is 25.0 Å². The first-order valence-electron chi connectivity index (χ1n) is 9.77. The maximum atomic E-state index is 12.2. The number of carbonyl (C=O) groups excluding carboxylic acids is 2. The molecule has 154 valence electrons. The molecule has 3 aromatic rings. The lowest BCUT2D eigenvalue weighted by Crippen LogP contribution is -2.21. The number of hydrogen-bond acceptors (Lipinski definition) is 4. The number of benzene rings is 3. The van der Waals surface area contributed by atoms with Gasteiger partial charge in [0.25, 0.3) is 0 Å². The standard InChI is InChI=1S/C24H25N3O3/c1-18(28)26-21-12-10-20(11-13-21)25-17-24(29)27-22-8-5-9-23(16-22)30-15-14-19-6-3-2-4-7-19/h2-13,16,25H,14-15,17H2,1H3,(H,26,28)(H,27,29). The molecule has 3 aromatic carbocycles. The van der Waals surface area contributed by atoms with Gasteiger partial charge in [-0.1, -0.05) is 36.4 Å². The largest absolute Gasteiger partial charge is 0.493 e. The molecule has 0 saturated heterocycles. The van der Waals surface area contributed by atoms with E-state index in [9.17, 15) is 9.59 Å². The van der Waals surface area contributed by atoms with E-state index in [0.717, 1.165) is 12.1 Å². The second kappa shape index (κ2) is 10.7. The first-order valence-corrected chi connectivity index (χ1v) is 9.77. The van der Waals surface area contributed by atoms with E-state index < -0.39 is 0 Å². The number of carbonyl (C=O) groups is 2. The van der Waals surface area contributed by atoms with Crippen molar-refractivity contribution in [2.75, 3.05) is 29.1 Å². The molecule has 0 atom stereocenters. The van der Waals surface area contributed by atoms with Crippen molar-refractivity contribution in [1.82, 2.24) is 0 Å². The van der Waals surface area contributed by atoms with Gasteiger partial charge in [0, 0.05) is 36.5 Å². The molecule has 0 unspecified atom stereocenters. The van der Waals surface area contributed by atoms with Gasteiger partial charge in [0.1, 0.15) is 5.75 Å². The second-order valence-corrected chi connectivity index (χ2v) is 6.77. The van der Waals surface area contributed by atoms with Crippen LogP contribution in [0.25, 0.3) is 0 Å². The first kappa shape index (κ1) is 20.9. The van der Waals surface area contributed by atoms with Crippen molar-refractivity contribution in [1.29, 1.82) is 0 Å². The zero-order valence-electron chi connectivity index (χ0n) is 16.9. The summed E-state index contributed by atoms with van der Waals surface area (Å²) in [5, 5.41) is 8.62. The molecule has 0 aromatic heterocycles. The minimum absolute atomic E-state index is 0.124. The van der Waals surface area contributed by atoms with Gasteiger partial charge in [-0.3, -0.25) is 9.59 Å². The van der Waals surface area contributed by atoms with Gasteiger partial charge in [0.05, 0.1) is 13.2 Å². The van der Waals surface area contributed by atoms with Crippen molar-refractivity contribution in [2.24, 2.45) is 0 Å². The van der Waals surface area contributed by atoms with Gasteiger partial charge in [-0.05, 0) is 42.0 Å². The molecular formula is C24H25N3O3. The van der Waals surface area contributed by atoms with Crippen LogP contribution in [0, 0.1) is 0 Å². The SMILES string of the molecule is CC(=O)Nc1ccc(NCC(=O)Nc2cccc(OCCc3ccccc3)c2)cc1. The summed E-state index contributed by atoms with van der Waals surface area (Å²) in [4.78, 5) is 23.3. The number of nitrogens with one attached hydrogen (secondary N) is 3. The normalized spacial score (nSPS) is 10.2. The number of anilines is 3. The maximum Gasteiger partial charge on any atom is 0.243 e. The van der Waals surface area contributed by atoms with Crippen LogP contribution in [-0.2, 0) is 16.0 Å². The van der Waals surface area contributed by atoms with Crippen LogP contribution in [0.5, 0.6) is 5.75 Å². The lowest BCUT2D eigenvalue weighted by atomic mass is 10.2. The van der Waals surface area contributed by atoms with Gasteiger partial charge in [-0.25, -0.2) is 0 Å². The van der Waals surface area contributed by atoms with Gasteiger partial charge in [0.2, 0.25) is 11.8 Å². The molecule has 0 heterocycles. The van der Waals surface area contributed by atoms with Crippen molar-refractivity contribution in [3.63, 3.8) is 0 Å². The van der Waals surface area contributed by atoms with E-state index in [2.05, 4.69) is 28.1 Å². The molecule has 0 aliphatic carbocycles. The van der Waals surface area contributed by atoms with Crippen molar-refractivity contribution >= 4 is 28.9 Å². The molecule has 0 spiro atoms. The smallest absolute Gasteiger partial charge is 0.243 e. The molecule has 6 heteroatoms. The number of amides is 2. The molecule has 2 amide bonds. The van der Waals surface area contributed by atoms with Gasteiger partial charge in [0.15, 0.2) is 0 Å². The van der Waals surface area contributed by atoms with E-state index in [1.165, 1.54) is 12.5 Å². The molecule has 0 fully saturated rings. The van der Waals surface area contributed by atoms with E-state index in [0.29, 0.717) is 23.7 Å². The third kappa shape index (κ3) is 6.98. The highest BCUT2D eigenvalue weighted by Gasteiger charge is 2.04. The summed E-state index contributed by atoms with van der Waals surface area (Å²) in [7, 11) is 0. The molecule has 0 bridgehead atoms. The Labute approximate surface area is 176 Å². The zero-order valence-corrected chi connectivity index (χ0v) is 16.9. The molecule has 6 nitrogen and oxygen atoms in total. The van der Waals surface area contributed by atoms with Crippen LogP contribution in [0.1, 0.15) is 12.5 Å². The van der Waals surface area contributed by atoms with Crippen LogP contribution in [0.4, 0.5) is 17.1 Å². The Balaban J connectivity index is 1.44. The van der Waals surface area contributed by atoms with E-state index in [1.54, 1.807) is 24.3 Å². The molecule has 3 rings (SSSR count). The lowest BCUT2D eigenvalue weighted by molar-refractivity contribution is -0.115. The summed E-state index contributed by atoms with van der Waals surface area (Å²) in [6.45, 7) is 2.15. The molecule has 0 radical (unpaired) electrons. The fourth-order valence-corrected chi connectivity index (χ4v) is 2.86. The summed E-state index contributed by atoms with van der Waals surface area (Å²) in [6, 6.07) is 24.7. The monoisotopic (exact) mass is 403 g/mol. The van der Waals surface area contributed by atoms with Gasteiger partial charge >= 0.3 is 0 Å². The average Bonchev–Trinajstić information content (AvgIpc) is 2.74. The number of hydrogen-bond donors (Lipinski definition) is 3. The Bertz CT molecular complexity index is 973. The highest BCUT2D eigenvalue weighted by molar-refractivity contribution is 5.94. The summed E-state index contributed by atoms with van der Waals surface area (Å²) < 4.78 is 5.80. The van der Waals surface area contributed by atoms with Crippen molar-refractivity contribution in [2.45, 2.75) is 13.3 Å². The Morgan fingerprint density at radius 1 is 0.800 bits per heavy atom. The average molecular weight is 403 g/mol. The molecule has 0 aliphatic heterocycles. The van der Waals surface area contributed by atoms with E-state index >= 15 is 0 Å². The number of ether oxygens (including phenoxy) is 1. The Hall–Kier alpha value is -3.80. The molecule has 30 heavy (non-hydrogen) atoms. The summed E-state index contributed by atoms with van der Waals surface area (Å²) in [6.07, 6.45) is 0.822. The third-order valence-corrected chi connectivity index (χ3v) is 4.28. The Morgan fingerprint density at radius 3 is 2.27 bits per heavy atom. The van der Waals surface area contributed by atoms with E-state index in [4.69, 9.17) is 4.74 Å². The van der Waals surface area contributed by atoms with Gasteiger partial charge in [-0.15, -0.1) is 0 Å². The minimum atomic E-state index is -0.164. The van der Waals surface area contributed by atoms with Gasteiger partial charge < -0.3 is 20.7 Å². The Morgan fingerprint density at radius 2 is 1.53 bits per heavy atom. The molecule has 0 saturated carbocycles. The third-order valence-electron chi connectivity index (χ3n) is 4.28. The summed E-state index contributed by atoms with van der Waals surface area (Å²) in [5.74, 6) is 0.425. The van der Waals surface area contributed by atoms with E-state index in [-0.39, 0.29) is 18.4 Å². The molecular weight excluding hydrogens is 378 g/mol. The topological polar surface area (TPSA) is 79.5 Å². The zero-order chi connectivity index (χ0) is 21.2. The summed E-state index contributed by atoms with van der Waals surface area (Å²) in [5.41, 5.74) is 3.40. The highest BCUT2D eigenvalue weighted by Crippen LogP contribution is 2.18. The second-order valence-electron chi connectivity index (χ2n) is 6.77. The first-order chi connectivity index (χ1) is 14.6.